The Morgan fingerprint density at radius 2 is 1.56 bits per heavy atom. The molecule has 16 heavy (non-hydrogen) atoms. The molecule has 2 N–H and O–H groups in total. The van der Waals surface area contributed by atoms with Crippen LogP contribution in [0.3, 0.4) is 0 Å². The Balaban J connectivity index is 2.89. The molecular formula is C14H20N2. The highest BCUT2D eigenvalue weighted by atomic mass is 14.5. The van der Waals surface area contributed by atoms with Crippen LogP contribution >= 0.6 is 0 Å². The molecule has 0 saturated carbocycles. The molecule has 1 aromatic rings. The minimum Gasteiger partial charge on any atom is -0.310 e. The lowest BCUT2D eigenvalue weighted by atomic mass is 9.94. The van der Waals surface area contributed by atoms with Gasteiger partial charge in [0.25, 0.3) is 0 Å². The van der Waals surface area contributed by atoms with E-state index in [-0.39, 0.29) is 0 Å². The van der Waals surface area contributed by atoms with E-state index in [9.17, 15) is 0 Å². The molecule has 0 heterocycles. The Labute approximate surface area is 97.7 Å². The van der Waals surface area contributed by atoms with Crippen LogP contribution in [0.15, 0.2) is 12.1 Å². The molecule has 0 aliphatic carbocycles. The van der Waals surface area contributed by atoms with Crippen molar-refractivity contribution in [3.05, 3.63) is 34.4 Å². The lowest BCUT2D eigenvalue weighted by Gasteiger charge is -2.11. The first-order chi connectivity index (χ1) is 7.40. The third-order valence-corrected chi connectivity index (χ3v) is 2.71. The second-order valence-electron chi connectivity index (χ2n) is 4.61. The zero-order chi connectivity index (χ0) is 12.3. The summed E-state index contributed by atoms with van der Waals surface area (Å²) < 4.78 is 0. The van der Waals surface area contributed by atoms with Crippen LogP contribution in [0.4, 0.5) is 0 Å². The zero-order valence-electron chi connectivity index (χ0n) is 10.6. The van der Waals surface area contributed by atoms with Crippen LogP contribution in [0.2, 0.25) is 0 Å². The molecule has 1 aromatic carbocycles. The summed E-state index contributed by atoms with van der Waals surface area (Å²) in [5.74, 6) is 0. The molecule has 0 unspecified atom stereocenters. The van der Waals surface area contributed by atoms with E-state index in [0.29, 0.717) is 24.3 Å². The first-order valence-electron chi connectivity index (χ1n) is 5.57. The average molecular weight is 216 g/mol. The summed E-state index contributed by atoms with van der Waals surface area (Å²) in [6.07, 6.45) is 1.17. The molecular weight excluding hydrogens is 196 g/mol. The van der Waals surface area contributed by atoms with Crippen LogP contribution in [-0.2, 0) is 6.42 Å². The minimum absolute atomic E-state index is 0.493. The number of benzene rings is 1. The van der Waals surface area contributed by atoms with Crippen LogP contribution in [0.1, 0.15) is 35.6 Å². The number of aryl methyl sites for hydroxylation is 3. The maximum Gasteiger partial charge on any atom is 0.0230 e. The quantitative estimate of drug-likeness (QED) is 0.722. The second-order valence-corrected chi connectivity index (χ2v) is 4.61. The van der Waals surface area contributed by atoms with Crippen LogP contribution in [0, 0.1) is 31.6 Å². The number of rotatable bonds is 4. The number of nitrogens with one attached hydrogen (secondary N) is 2. The molecule has 0 spiro atoms. The molecule has 0 aliphatic heterocycles. The zero-order valence-corrected chi connectivity index (χ0v) is 10.6. The smallest absolute Gasteiger partial charge is 0.0230 e. The summed E-state index contributed by atoms with van der Waals surface area (Å²) in [4.78, 5) is 0. The molecule has 0 radical (unpaired) electrons. The van der Waals surface area contributed by atoms with Crippen molar-refractivity contribution in [1.29, 1.82) is 10.8 Å². The van der Waals surface area contributed by atoms with Gasteiger partial charge in [-0.25, -0.2) is 0 Å². The standard InChI is InChI=1S/C14H20N2/c1-9-5-10(2)14(11(3)6-9)8-13(16)7-12(4)15/h5-6,15-16H,7-8H2,1-4H3. The van der Waals surface area contributed by atoms with Gasteiger partial charge in [-0.15, -0.1) is 0 Å². The van der Waals surface area contributed by atoms with E-state index < -0.39 is 0 Å². The van der Waals surface area contributed by atoms with E-state index in [1.807, 2.05) is 0 Å². The number of hydrogen-bond donors (Lipinski definition) is 2. The maximum atomic E-state index is 7.86. The molecule has 0 fully saturated rings. The van der Waals surface area contributed by atoms with Crippen LogP contribution < -0.4 is 0 Å². The van der Waals surface area contributed by atoms with Crippen LogP contribution in [-0.4, -0.2) is 11.4 Å². The van der Waals surface area contributed by atoms with E-state index in [0.717, 1.165) is 0 Å². The predicted molar refractivity (Wildman–Crippen MR) is 70.1 cm³/mol. The fraction of sp³-hybridized carbons (Fsp3) is 0.429. The molecule has 2 heteroatoms. The Morgan fingerprint density at radius 3 is 2.00 bits per heavy atom. The van der Waals surface area contributed by atoms with Gasteiger partial charge in [0.1, 0.15) is 0 Å². The summed E-state index contributed by atoms with van der Waals surface area (Å²) in [5, 5.41) is 15.3. The lowest BCUT2D eigenvalue weighted by molar-refractivity contribution is 1.14. The van der Waals surface area contributed by atoms with Crippen molar-refractivity contribution < 1.29 is 0 Å². The van der Waals surface area contributed by atoms with Crippen LogP contribution in [0.25, 0.3) is 0 Å². The SMILES string of the molecule is CC(=N)CC(=N)Cc1c(C)cc(C)cc1C. The van der Waals surface area contributed by atoms with Gasteiger partial charge >= 0.3 is 0 Å². The van der Waals surface area contributed by atoms with Gasteiger partial charge in [0.15, 0.2) is 0 Å². The van der Waals surface area contributed by atoms with E-state index in [2.05, 4.69) is 32.9 Å². The molecule has 0 amide bonds. The molecule has 0 atom stereocenters. The van der Waals surface area contributed by atoms with Gasteiger partial charge < -0.3 is 10.8 Å². The average Bonchev–Trinajstić information content (AvgIpc) is 2.09. The van der Waals surface area contributed by atoms with Gasteiger partial charge in [-0.2, -0.15) is 0 Å². The molecule has 0 saturated heterocycles. The lowest BCUT2D eigenvalue weighted by Crippen LogP contribution is -2.08. The Morgan fingerprint density at radius 1 is 1.06 bits per heavy atom. The number of hydrogen-bond acceptors (Lipinski definition) is 2. The summed E-state index contributed by atoms with van der Waals surface area (Å²) >= 11 is 0. The molecule has 1 rings (SSSR count). The molecule has 0 aromatic heterocycles. The maximum absolute atomic E-state index is 7.86. The van der Waals surface area contributed by atoms with Crippen molar-refractivity contribution in [2.24, 2.45) is 0 Å². The third-order valence-electron chi connectivity index (χ3n) is 2.71. The van der Waals surface area contributed by atoms with Crippen LogP contribution in [0.5, 0.6) is 0 Å². The first kappa shape index (κ1) is 12.6. The summed E-state index contributed by atoms with van der Waals surface area (Å²) in [7, 11) is 0. The van der Waals surface area contributed by atoms with Crippen molar-refractivity contribution in [2.75, 3.05) is 0 Å². The Hall–Kier alpha value is -1.44. The van der Waals surface area contributed by atoms with Gasteiger partial charge in [0, 0.05) is 24.3 Å². The second kappa shape index (κ2) is 5.06. The van der Waals surface area contributed by atoms with Crippen molar-refractivity contribution in [1.82, 2.24) is 0 Å². The molecule has 86 valence electrons. The highest BCUT2D eigenvalue weighted by molar-refractivity contribution is 6.01. The Bertz CT molecular complexity index is 407. The van der Waals surface area contributed by atoms with Crippen molar-refractivity contribution in [3.8, 4) is 0 Å². The van der Waals surface area contributed by atoms with E-state index in [1.54, 1.807) is 6.92 Å². The van der Waals surface area contributed by atoms with E-state index in [4.69, 9.17) is 10.8 Å². The van der Waals surface area contributed by atoms with E-state index in [1.165, 1.54) is 22.3 Å². The van der Waals surface area contributed by atoms with Gasteiger partial charge in [0.05, 0.1) is 0 Å². The topological polar surface area (TPSA) is 47.7 Å². The fourth-order valence-corrected chi connectivity index (χ4v) is 2.08. The first-order valence-corrected chi connectivity index (χ1v) is 5.57. The molecule has 0 bridgehead atoms. The highest BCUT2D eigenvalue weighted by Gasteiger charge is 2.07. The van der Waals surface area contributed by atoms with Crippen molar-refractivity contribution >= 4 is 11.4 Å². The Kier molecular flexibility index (Phi) is 3.99. The summed E-state index contributed by atoms with van der Waals surface area (Å²) in [5.41, 5.74) is 6.22. The predicted octanol–water partition coefficient (Wildman–Crippen LogP) is 3.60. The van der Waals surface area contributed by atoms with Gasteiger partial charge in [0.2, 0.25) is 0 Å². The normalized spacial score (nSPS) is 10.2. The third kappa shape index (κ3) is 3.30. The van der Waals surface area contributed by atoms with Crippen molar-refractivity contribution in [3.63, 3.8) is 0 Å². The van der Waals surface area contributed by atoms with Crippen molar-refractivity contribution in [2.45, 2.75) is 40.5 Å². The fourth-order valence-electron chi connectivity index (χ4n) is 2.08. The summed E-state index contributed by atoms with van der Waals surface area (Å²) in [6.45, 7) is 8.04. The minimum atomic E-state index is 0.493. The molecule has 2 nitrogen and oxygen atoms in total. The molecule has 0 aliphatic rings. The largest absolute Gasteiger partial charge is 0.310 e. The van der Waals surface area contributed by atoms with Gasteiger partial charge in [-0.1, -0.05) is 17.7 Å². The summed E-state index contributed by atoms with van der Waals surface area (Å²) in [6, 6.07) is 4.32. The van der Waals surface area contributed by atoms with E-state index >= 15 is 0 Å². The monoisotopic (exact) mass is 216 g/mol. The van der Waals surface area contributed by atoms with Gasteiger partial charge in [-0.3, -0.25) is 0 Å². The highest BCUT2D eigenvalue weighted by Crippen LogP contribution is 2.17. The van der Waals surface area contributed by atoms with Gasteiger partial charge in [-0.05, 0) is 44.4 Å².